The number of rotatable bonds is 4. The van der Waals surface area contributed by atoms with Crippen LogP contribution in [-0.2, 0) is 0 Å². The Morgan fingerprint density at radius 2 is 2.06 bits per heavy atom. The molecule has 1 aromatic rings. The predicted molar refractivity (Wildman–Crippen MR) is 67.5 cm³/mol. The molecule has 0 saturated carbocycles. The minimum atomic E-state index is -0.334. The molecular weight excluding hydrogens is 218 g/mol. The highest BCUT2D eigenvalue weighted by molar-refractivity contribution is 5.35. The molecule has 0 spiro atoms. The zero-order valence-electron chi connectivity index (χ0n) is 10.2. The van der Waals surface area contributed by atoms with Gasteiger partial charge in [-0.3, -0.25) is 4.98 Å². The number of nitrogens with zero attached hydrogens (tertiary/aromatic N) is 3. The average molecular weight is 237 g/mol. The van der Waals surface area contributed by atoms with Crippen LogP contribution in [-0.4, -0.2) is 34.6 Å². The van der Waals surface area contributed by atoms with Crippen LogP contribution in [0.2, 0.25) is 0 Å². The summed E-state index contributed by atoms with van der Waals surface area (Å²) in [6.45, 7) is 4.75. The number of H-pyrrole nitrogens is 1. The second kappa shape index (κ2) is 5.65. The first-order valence-electron chi connectivity index (χ1n) is 6.27. The van der Waals surface area contributed by atoms with Gasteiger partial charge in [0.25, 0.3) is 0 Å². The lowest BCUT2D eigenvalue weighted by atomic mass is 10.1. The van der Waals surface area contributed by atoms with Crippen molar-refractivity contribution in [2.45, 2.75) is 32.6 Å². The third-order valence-corrected chi connectivity index (χ3v) is 2.82. The van der Waals surface area contributed by atoms with Gasteiger partial charge >= 0.3 is 5.69 Å². The van der Waals surface area contributed by atoms with Gasteiger partial charge in [0.1, 0.15) is 0 Å². The van der Waals surface area contributed by atoms with E-state index in [9.17, 15) is 4.79 Å². The minimum absolute atomic E-state index is 0.334. The molecule has 0 atom stereocenters. The minimum Gasteiger partial charge on any atom is -0.356 e. The van der Waals surface area contributed by atoms with E-state index in [0.29, 0.717) is 11.9 Å². The van der Waals surface area contributed by atoms with E-state index >= 15 is 0 Å². The molecule has 0 unspecified atom stereocenters. The van der Waals surface area contributed by atoms with Gasteiger partial charge < -0.3 is 10.2 Å². The van der Waals surface area contributed by atoms with Gasteiger partial charge in [0.15, 0.2) is 0 Å². The van der Waals surface area contributed by atoms with Crippen molar-refractivity contribution in [1.82, 2.24) is 15.0 Å². The zero-order valence-corrected chi connectivity index (χ0v) is 10.2. The third kappa shape index (κ3) is 3.18. The number of piperidine rings is 1. The third-order valence-electron chi connectivity index (χ3n) is 2.82. The number of nitrogens with one attached hydrogen (secondary N) is 2. The first-order valence-corrected chi connectivity index (χ1v) is 6.27. The highest BCUT2D eigenvalue weighted by Gasteiger charge is 2.14. The topological polar surface area (TPSA) is 73.9 Å². The van der Waals surface area contributed by atoms with Gasteiger partial charge in [0.2, 0.25) is 11.9 Å². The highest BCUT2D eigenvalue weighted by Crippen LogP contribution is 2.14. The molecule has 2 rings (SSSR count). The molecule has 1 aliphatic rings. The van der Waals surface area contributed by atoms with Crippen LogP contribution in [0, 0.1) is 0 Å². The molecule has 94 valence electrons. The van der Waals surface area contributed by atoms with E-state index in [0.717, 1.165) is 38.9 Å². The van der Waals surface area contributed by atoms with E-state index in [4.69, 9.17) is 0 Å². The normalized spacial score (nSPS) is 15.9. The summed E-state index contributed by atoms with van der Waals surface area (Å²) in [6.07, 6.45) is 4.54. The Bertz CT molecular complexity index is 411. The first kappa shape index (κ1) is 11.9. The quantitative estimate of drug-likeness (QED) is 0.816. The van der Waals surface area contributed by atoms with Gasteiger partial charge in [-0.25, -0.2) is 4.79 Å². The molecule has 0 aliphatic carbocycles. The van der Waals surface area contributed by atoms with Gasteiger partial charge in [-0.2, -0.15) is 9.97 Å². The Labute approximate surface area is 100 Å². The fourth-order valence-corrected chi connectivity index (χ4v) is 1.94. The highest BCUT2D eigenvalue weighted by atomic mass is 16.1. The fraction of sp³-hybridized carbons (Fsp3) is 0.727. The van der Waals surface area contributed by atoms with Crippen LogP contribution in [0.25, 0.3) is 0 Å². The molecule has 2 N–H and O–H groups in total. The molecular formula is C11H19N5O. The summed E-state index contributed by atoms with van der Waals surface area (Å²) < 4.78 is 0. The lowest BCUT2D eigenvalue weighted by Gasteiger charge is -2.26. The molecule has 0 amide bonds. The van der Waals surface area contributed by atoms with Crippen LogP contribution in [0.15, 0.2) is 4.79 Å². The number of aromatic amines is 1. The Balaban J connectivity index is 2.15. The van der Waals surface area contributed by atoms with Crippen molar-refractivity contribution >= 4 is 11.9 Å². The summed E-state index contributed by atoms with van der Waals surface area (Å²) in [5.41, 5.74) is -0.334. The largest absolute Gasteiger partial charge is 0.356 e. The van der Waals surface area contributed by atoms with Crippen LogP contribution >= 0.6 is 0 Å². The van der Waals surface area contributed by atoms with Gasteiger partial charge in [0, 0.05) is 19.6 Å². The summed E-state index contributed by atoms with van der Waals surface area (Å²) >= 11 is 0. The van der Waals surface area contributed by atoms with E-state index in [-0.39, 0.29) is 5.69 Å². The molecule has 1 aromatic heterocycles. The lowest BCUT2D eigenvalue weighted by Crippen LogP contribution is -2.33. The van der Waals surface area contributed by atoms with Gasteiger partial charge in [-0.15, -0.1) is 0 Å². The smallest absolute Gasteiger partial charge is 0.350 e. The van der Waals surface area contributed by atoms with E-state index in [2.05, 4.69) is 32.1 Å². The predicted octanol–water partition coefficient (Wildman–Crippen LogP) is 0.977. The Hall–Kier alpha value is -1.59. The van der Waals surface area contributed by atoms with Crippen molar-refractivity contribution < 1.29 is 0 Å². The summed E-state index contributed by atoms with van der Waals surface area (Å²) in [6, 6.07) is 0. The molecule has 1 saturated heterocycles. The molecule has 6 nitrogen and oxygen atoms in total. The average Bonchev–Trinajstić information content (AvgIpc) is 2.37. The van der Waals surface area contributed by atoms with Crippen LogP contribution in [0.4, 0.5) is 11.9 Å². The van der Waals surface area contributed by atoms with E-state index in [1.54, 1.807) is 0 Å². The molecule has 0 aromatic carbocycles. The molecule has 1 fully saturated rings. The van der Waals surface area contributed by atoms with Crippen molar-refractivity contribution in [1.29, 1.82) is 0 Å². The van der Waals surface area contributed by atoms with Crippen LogP contribution in [0.3, 0.4) is 0 Å². The summed E-state index contributed by atoms with van der Waals surface area (Å²) in [5.74, 6) is 1.07. The van der Waals surface area contributed by atoms with Crippen molar-refractivity contribution in [3.63, 3.8) is 0 Å². The Morgan fingerprint density at radius 3 is 2.76 bits per heavy atom. The van der Waals surface area contributed by atoms with Crippen LogP contribution < -0.4 is 15.9 Å². The molecule has 0 radical (unpaired) electrons. The maximum absolute atomic E-state index is 11.4. The number of hydrogen-bond acceptors (Lipinski definition) is 5. The molecule has 6 heteroatoms. The van der Waals surface area contributed by atoms with Gasteiger partial charge in [0.05, 0.1) is 0 Å². The van der Waals surface area contributed by atoms with E-state index in [1.807, 2.05) is 0 Å². The standard InChI is InChI=1S/C11H19N5O/c1-2-6-12-9-13-10(15-11(17)14-9)16-7-4-3-5-8-16/h2-8H2,1H3,(H2,12,13,14,15,17). The van der Waals surface area contributed by atoms with Gasteiger partial charge in [-0.1, -0.05) is 6.92 Å². The SMILES string of the molecule is CCCNc1nc(N2CCCCC2)nc(=O)[nH]1. The maximum Gasteiger partial charge on any atom is 0.350 e. The maximum atomic E-state index is 11.4. The number of anilines is 2. The van der Waals surface area contributed by atoms with E-state index < -0.39 is 0 Å². The van der Waals surface area contributed by atoms with Crippen molar-refractivity contribution in [2.75, 3.05) is 29.9 Å². The van der Waals surface area contributed by atoms with Crippen molar-refractivity contribution in [2.24, 2.45) is 0 Å². The second-order valence-electron chi connectivity index (χ2n) is 4.28. The summed E-state index contributed by atoms with van der Waals surface area (Å²) in [5, 5.41) is 3.08. The van der Waals surface area contributed by atoms with Gasteiger partial charge in [-0.05, 0) is 25.7 Å². The van der Waals surface area contributed by atoms with Crippen LogP contribution in [0.5, 0.6) is 0 Å². The monoisotopic (exact) mass is 237 g/mol. The lowest BCUT2D eigenvalue weighted by molar-refractivity contribution is 0.566. The first-order chi connectivity index (χ1) is 8.29. The molecule has 1 aliphatic heterocycles. The summed E-state index contributed by atoms with van der Waals surface area (Å²) in [4.78, 5) is 24.4. The molecule has 2 heterocycles. The zero-order chi connectivity index (χ0) is 12.1. The van der Waals surface area contributed by atoms with Crippen molar-refractivity contribution in [3.05, 3.63) is 10.5 Å². The van der Waals surface area contributed by atoms with E-state index in [1.165, 1.54) is 6.42 Å². The summed E-state index contributed by atoms with van der Waals surface area (Å²) in [7, 11) is 0. The number of aromatic nitrogens is 3. The molecule has 0 bridgehead atoms. The fourth-order valence-electron chi connectivity index (χ4n) is 1.94. The second-order valence-corrected chi connectivity index (χ2v) is 4.28. The molecule has 17 heavy (non-hydrogen) atoms. The Morgan fingerprint density at radius 1 is 1.29 bits per heavy atom. The van der Waals surface area contributed by atoms with Crippen LogP contribution in [0.1, 0.15) is 32.6 Å². The number of hydrogen-bond donors (Lipinski definition) is 2. The van der Waals surface area contributed by atoms with Crippen molar-refractivity contribution in [3.8, 4) is 0 Å². The Kier molecular flexibility index (Phi) is 3.95.